The highest BCUT2D eigenvalue weighted by atomic mass is 35.5. The molecular formula is C19H17Cl2F2N3S. The van der Waals surface area contributed by atoms with Crippen LogP contribution in [-0.2, 0) is 13.1 Å². The van der Waals surface area contributed by atoms with E-state index in [1.807, 2.05) is 12.1 Å². The van der Waals surface area contributed by atoms with Crippen LogP contribution in [0.5, 0.6) is 0 Å². The van der Waals surface area contributed by atoms with E-state index >= 15 is 0 Å². The van der Waals surface area contributed by atoms with Gasteiger partial charge in [0.15, 0.2) is 0 Å². The molecule has 0 amide bonds. The Morgan fingerprint density at radius 1 is 1.26 bits per heavy atom. The van der Waals surface area contributed by atoms with E-state index in [4.69, 9.17) is 23.2 Å². The van der Waals surface area contributed by atoms with Crippen LogP contribution in [0, 0.1) is 0 Å². The molecule has 0 unspecified atom stereocenters. The van der Waals surface area contributed by atoms with Crippen molar-refractivity contribution in [3.05, 3.63) is 57.0 Å². The van der Waals surface area contributed by atoms with Crippen LogP contribution in [0.3, 0.4) is 0 Å². The van der Waals surface area contributed by atoms with Crippen LogP contribution < -0.4 is 0 Å². The fraction of sp³-hybridized carbons (Fsp3) is 0.368. The summed E-state index contributed by atoms with van der Waals surface area (Å²) >= 11 is 13.5. The van der Waals surface area contributed by atoms with Crippen molar-refractivity contribution < 1.29 is 8.78 Å². The van der Waals surface area contributed by atoms with Crippen LogP contribution in [0.2, 0.25) is 10.2 Å². The van der Waals surface area contributed by atoms with Crippen LogP contribution in [0.15, 0.2) is 35.1 Å². The maximum absolute atomic E-state index is 13.1. The van der Waals surface area contributed by atoms with Gasteiger partial charge in [0.2, 0.25) is 0 Å². The summed E-state index contributed by atoms with van der Waals surface area (Å²) in [6.07, 6.45) is 5.65. The molecule has 0 atom stereocenters. The van der Waals surface area contributed by atoms with Crippen molar-refractivity contribution in [2.75, 3.05) is 5.75 Å². The van der Waals surface area contributed by atoms with Gasteiger partial charge in [-0.2, -0.15) is 0 Å². The molecule has 0 spiro atoms. The highest BCUT2D eigenvalue weighted by molar-refractivity contribution is 7.99. The van der Waals surface area contributed by atoms with Gasteiger partial charge in [0.25, 0.3) is 5.92 Å². The van der Waals surface area contributed by atoms with Gasteiger partial charge >= 0.3 is 0 Å². The van der Waals surface area contributed by atoms with Crippen LogP contribution >= 0.6 is 35.0 Å². The molecule has 0 saturated heterocycles. The van der Waals surface area contributed by atoms with Crippen LogP contribution in [0.4, 0.5) is 8.78 Å². The Balaban J connectivity index is 1.54. The van der Waals surface area contributed by atoms with Gasteiger partial charge in [-0.3, -0.25) is 0 Å². The Labute approximate surface area is 170 Å². The van der Waals surface area contributed by atoms with Gasteiger partial charge in [-0.05, 0) is 36.1 Å². The molecular weight excluding hydrogens is 411 g/mol. The highest BCUT2D eigenvalue weighted by Gasteiger charge is 2.32. The predicted octanol–water partition coefficient (Wildman–Crippen LogP) is 6.05. The van der Waals surface area contributed by atoms with Gasteiger partial charge in [0, 0.05) is 49.2 Å². The third kappa shape index (κ3) is 4.23. The Morgan fingerprint density at radius 2 is 2.04 bits per heavy atom. The fourth-order valence-electron chi connectivity index (χ4n) is 3.20. The van der Waals surface area contributed by atoms with E-state index in [9.17, 15) is 8.78 Å². The zero-order chi connectivity index (χ0) is 19.2. The van der Waals surface area contributed by atoms with Crippen molar-refractivity contribution in [2.45, 2.75) is 43.8 Å². The van der Waals surface area contributed by atoms with Gasteiger partial charge in [-0.25, -0.2) is 18.7 Å². The first-order valence-electron chi connectivity index (χ1n) is 8.57. The number of hydrogen-bond acceptors (Lipinski definition) is 4. The molecule has 1 aliphatic heterocycles. The lowest BCUT2D eigenvalue weighted by Crippen LogP contribution is -2.16. The molecule has 0 radical (unpaired) electrons. The second-order valence-corrected chi connectivity index (χ2v) is 8.65. The number of pyridine rings is 2. The zero-order valence-electron chi connectivity index (χ0n) is 14.6. The number of rotatable bonds is 5. The average molecular weight is 428 g/mol. The van der Waals surface area contributed by atoms with E-state index < -0.39 is 5.92 Å². The molecule has 3 heterocycles. The summed E-state index contributed by atoms with van der Waals surface area (Å²) in [5, 5.41) is 1.37. The quantitative estimate of drug-likeness (QED) is 0.428. The lowest BCUT2D eigenvalue weighted by molar-refractivity contribution is 0.0492. The molecule has 8 heteroatoms. The first kappa shape index (κ1) is 19.0. The molecule has 1 fully saturated rings. The number of fused-ring (bicyclic) bond motifs is 1. The van der Waals surface area contributed by atoms with E-state index in [0.717, 1.165) is 48.2 Å². The van der Waals surface area contributed by atoms with Crippen molar-refractivity contribution in [3.63, 3.8) is 0 Å². The first-order chi connectivity index (χ1) is 12.8. The van der Waals surface area contributed by atoms with Crippen molar-refractivity contribution in [2.24, 2.45) is 0 Å². The molecule has 3 nitrogen and oxygen atoms in total. The largest absolute Gasteiger partial charge is 0.362 e. The number of halogens is 4. The number of nitrogens with zero attached hydrogens (tertiary/aromatic N) is 3. The van der Waals surface area contributed by atoms with Crippen LogP contribution in [-0.4, -0.2) is 26.5 Å². The second-order valence-electron chi connectivity index (χ2n) is 6.93. The topological polar surface area (TPSA) is 29.0 Å². The molecule has 0 bridgehead atoms. The average Bonchev–Trinajstić information content (AvgIpc) is 3.35. The molecule has 2 aromatic heterocycles. The molecule has 2 aromatic rings. The number of aromatic nitrogens is 2. The van der Waals surface area contributed by atoms with Crippen molar-refractivity contribution in [3.8, 4) is 0 Å². The minimum absolute atomic E-state index is 0.345. The van der Waals surface area contributed by atoms with Gasteiger partial charge in [0.05, 0.1) is 10.8 Å². The predicted molar refractivity (Wildman–Crippen MR) is 105 cm³/mol. The van der Waals surface area contributed by atoms with Gasteiger partial charge in [-0.15, -0.1) is 0 Å². The minimum atomic E-state index is -2.76. The minimum Gasteiger partial charge on any atom is -0.362 e. The van der Waals surface area contributed by atoms with Crippen LogP contribution in [0.25, 0.3) is 5.70 Å². The van der Waals surface area contributed by atoms with E-state index in [1.54, 1.807) is 12.4 Å². The summed E-state index contributed by atoms with van der Waals surface area (Å²) < 4.78 is 26.1. The number of hydrogen-bond donors (Lipinski definition) is 0. The van der Waals surface area contributed by atoms with Gasteiger partial charge < -0.3 is 4.90 Å². The molecule has 142 valence electrons. The number of allylic oxidation sites excluding steroid dienone is 1. The zero-order valence-corrected chi connectivity index (χ0v) is 16.9. The van der Waals surface area contributed by atoms with Crippen LogP contribution in [0.1, 0.15) is 36.5 Å². The normalized spacial score (nSPS) is 16.1. The maximum Gasteiger partial charge on any atom is 0.254 e. The summed E-state index contributed by atoms with van der Waals surface area (Å²) in [7, 11) is 0. The summed E-state index contributed by atoms with van der Waals surface area (Å²) in [5.41, 5.74) is 5.79. The van der Waals surface area contributed by atoms with Crippen molar-refractivity contribution >= 4 is 40.7 Å². The third-order valence-corrected chi connectivity index (χ3v) is 6.43. The van der Waals surface area contributed by atoms with Gasteiger partial charge in [-0.1, -0.05) is 35.0 Å². The molecule has 1 aliphatic carbocycles. The Hall–Kier alpha value is -1.37. The highest BCUT2D eigenvalue weighted by Crippen LogP contribution is 2.45. The summed E-state index contributed by atoms with van der Waals surface area (Å²) in [6.45, 7) is 2.21. The third-order valence-electron chi connectivity index (χ3n) is 4.46. The molecule has 2 aliphatic rings. The van der Waals surface area contributed by atoms with Crippen molar-refractivity contribution in [1.29, 1.82) is 0 Å². The smallest absolute Gasteiger partial charge is 0.254 e. The lowest BCUT2D eigenvalue weighted by atomic mass is 10.1. The Bertz CT molecular complexity index is 922. The molecule has 0 N–H and O–H groups in total. The SMILES string of the molecule is CC(F)(F)CSc1ncc(CN2Cc3c(ccnc3Cl)C2=C2CC2)cc1Cl. The summed E-state index contributed by atoms with van der Waals surface area (Å²) in [6, 6.07) is 3.82. The van der Waals surface area contributed by atoms with Gasteiger partial charge in [0.1, 0.15) is 10.2 Å². The van der Waals surface area contributed by atoms with E-state index in [0.29, 0.717) is 28.3 Å². The molecule has 0 aromatic carbocycles. The molecule has 1 saturated carbocycles. The summed E-state index contributed by atoms with van der Waals surface area (Å²) in [5.74, 6) is -3.10. The Kier molecular flexibility index (Phi) is 5.08. The summed E-state index contributed by atoms with van der Waals surface area (Å²) in [4.78, 5) is 10.7. The fourth-order valence-corrected chi connectivity index (χ4v) is 4.49. The molecule has 4 rings (SSSR count). The van der Waals surface area contributed by atoms with E-state index in [-0.39, 0.29) is 5.75 Å². The second kappa shape index (κ2) is 7.22. The van der Waals surface area contributed by atoms with Crippen molar-refractivity contribution in [1.82, 2.24) is 14.9 Å². The van der Waals surface area contributed by atoms with E-state index in [1.165, 1.54) is 11.3 Å². The van der Waals surface area contributed by atoms with E-state index in [2.05, 4.69) is 14.9 Å². The maximum atomic E-state index is 13.1. The monoisotopic (exact) mass is 427 g/mol. The first-order valence-corrected chi connectivity index (χ1v) is 10.3. The number of alkyl halides is 2. The Morgan fingerprint density at radius 3 is 2.70 bits per heavy atom. The number of thioether (sulfide) groups is 1. The lowest BCUT2D eigenvalue weighted by Gasteiger charge is -2.21. The standard InChI is InChI=1S/C19H17Cl2F2N3S/c1-19(22,23)10-27-18-15(20)6-11(7-25-18)8-26-9-14-13(4-5-24-17(14)21)16(26)12-2-3-12/h4-7H,2-3,8-10H2,1H3. The molecule has 27 heavy (non-hydrogen) atoms.